The summed E-state index contributed by atoms with van der Waals surface area (Å²) in [6, 6.07) is 39.5. The highest BCUT2D eigenvalue weighted by Gasteiger charge is 2.36. The Hall–Kier alpha value is -7.92. The maximum atomic E-state index is 15.0. The minimum atomic E-state index is -0.737. The highest BCUT2D eigenvalue weighted by molar-refractivity contribution is 5.97. The molecule has 8 rings (SSSR count). The minimum Gasteiger partial charge on any atom is -0.310 e. The summed E-state index contributed by atoms with van der Waals surface area (Å²) in [5, 5.41) is 39.2. The van der Waals surface area contributed by atoms with Crippen LogP contribution in [0.3, 0.4) is 0 Å². The lowest BCUT2D eigenvalue weighted by Gasteiger charge is -2.28. The maximum absolute atomic E-state index is 15.0. The standard InChI is InChI=1S/C47H26F4N6/c1-47(2)41-17-32-15-33(56(35-9-4-28(23-52)43(48)19-35)36-10-5-29(24-53)44(49)20-36)8-3-27(32)16-40(41)39-14-13-34(18-42(39)47)57(37-11-6-30(25-54)45(50)21-37)38-12-7-31(26-55)46(51)22-38/h3-22H,1-2H3. The van der Waals surface area contributed by atoms with Crippen LogP contribution in [0.5, 0.6) is 0 Å². The summed E-state index contributed by atoms with van der Waals surface area (Å²) in [7, 11) is 0. The monoisotopic (exact) mass is 750 g/mol. The number of nitriles is 4. The number of anilines is 6. The van der Waals surface area contributed by atoms with Crippen LogP contribution in [-0.4, -0.2) is 0 Å². The first-order valence-corrected chi connectivity index (χ1v) is 17.6. The van der Waals surface area contributed by atoms with Gasteiger partial charge in [-0.3, -0.25) is 0 Å². The van der Waals surface area contributed by atoms with Crippen molar-refractivity contribution in [3.63, 3.8) is 0 Å². The van der Waals surface area contributed by atoms with Gasteiger partial charge < -0.3 is 9.80 Å². The van der Waals surface area contributed by atoms with Gasteiger partial charge in [-0.15, -0.1) is 0 Å². The smallest absolute Gasteiger partial charge is 0.143 e. The minimum absolute atomic E-state index is 0.137. The average molecular weight is 751 g/mol. The van der Waals surface area contributed by atoms with Gasteiger partial charge in [-0.2, -0.15) is 21.0 Å². The van der Waals surface area contributed by atoms with E-state index in [1.54, 1.807) is 34.1 Å². The quantitative estimate of drug-likeness (QED) is 0.157. The fourth-order valence-electron chi connectivity index (χ4n) is 7.56. The molecular weight excluding hydrogens is 725 g/mol. The number of hydrogen-bond donors (Lipinski definition) is 0. The lowest BCUT2D eigenvalue weighted by atomic mass is 9.81. The van der Waals surface area contributed by atoms with Crippen molar-refractivity contribution in [3.8, 4) is 35.4 Å². The Balaban J connectivity index is 1.25. The maximum Gasteiger partial charge on any atom is 0.143 e. The molecule has 57 heavy (non-hydrogen) atoms. The van der Waals surface area contributed by atoms with E-state index in [0.29, 0.717) is 34.1 Å². The largest absolute Gasteiger partial charge is 0.310 e. The molecule has 6 nitrogen and oxygen atoms in total. The Morgan fingerprint density at radius 1 is 0.386 bits per heavy atom. The van der Waals surface area contributed by atoms with E-state index < -0.39 is 28.7 Å². The van der Waals surface area contributed by atoms with Crippen molar-refractivity contribution in [2.75, 3.05) is 9.80 Å². The molecule has 0 N–H and O–H groups in total. The third-order valence-electron chi connectivity index (χ3n) is 10.4. The van der Waals surface area contributed by atoms with Crippen LogP contribution < -0.4 is 9.80 Å². The van der Waals surface area contributed by atoms with Crippen LogP contribution in [0.2, 0.25) is 0 Å². The molecule has 0 aromatic heterocycles. The number of fused-ring (bicyclic) bond motifs is 4. The van der Waals surface area contributed by atoms with Crippen LogP contribution in [-0.2, 0) is 5.41 Å². The second kappa shape index (κ2) is 13.7. The second-order valence-electron chi connectivity index (χ2n) is 14.1. The van der Waals surface area contributed by atoms with Crippen LogP contribution in [0.25, 0.3) is 21.9 Å². The molecule has 0 bridgehead atoms. The molecule has 0 saturated carbocycles. The van der Waals surface area contributed by atoms with Crippen molar-refractivity contribution in [3.05, 3.63) is 178 Å². The Labute approximate surface area is 325 Å². The van der Waals surface area contributed by atoms with Gasteiger partial charge >= 0.3 is 0 Å². The van der Waals surface area contributed by atoms with Gasteiger partial charge in [0.2, 0.25) is 0 Å². The molecule has 0 unspecified atom stereocenters. The molecule has 1 aliphatic rings. The molecule has 1 aliphatic carbocycles. The van der Waals surface area contributed by atoms with Gasteiger partial charge in [0, 0.05) is 39.5 Å². The van der Waals surface area contributed by atoms with Crippen LogP contribution >= 0.6 is 0 Å². The number of benzene rings is 7. The Morgan fingerprint density at radius 3 is 1.14 bits per heavy atom. The molecular formula is C47H26F4N6. The van der Waals surface area contributed by atoms with E-state index in [1.165, 1.54) is 48.5 Å². The molecule has 0 heterocycles. The first-order chi connectivity index (χ1) is 27.4. The van der Waals surface area contributed by atoms with Gasteiger partial charge in [-0.25, -0.2) is 17.6 Å². The highest BCUT2D eigenvalue weighted by atomic mass is 19.1. The predicted octanol–water partition coefficient (Wildman–Crippen LogP) is 12.1. The normalized spacial score (nSPS) is 12.1. The van der Waals surface area contributed by atoms with Crippen molar-refractivity contribution < 1.29 is 17.6 Å². The number of halogens is 4. The molecule has 10 heteroatoms. The van der Waals surface area contributed by atoms with Gasteiger partial charge in [0.1, 0.15) is 47.5 Å². The Kier molecular flexibility index (Phi) is 8.69. The lowest BCUT2D eigenvalue weighted by Crippen LogP contribution is -2.17. The van der Waals surface area contributed by atoms with E-state index >= 15 is 17.6 Å². The van der Waals surface area contributed by atoms with Gasteiger partial charge in [-0.1, -0.05) is 26.0 Å². The fourth-order valence-corrected chi connectivity index (χ4v) is 7.56. The topological polar surface area (TPSA) is 102 Å². The molecule has 272 valence electrons. The van der Waals surface area contributed by atoms with Gasteiger partial charge in [0.15, 0.2) is 0 Å². The summed E-state index contributed by atoms with van der Waals surface area (Å²) < 4.78 is 60.1. The van der Waals surface area contributed by atoms with E-state index in [9.17, 15) is 21.0 Å². The zero-order valence-electron chi connectivity index (χ0n) is 30.2. The molecule has 0 atom stereocenters. The summed E-state index contributed by atoms with van der Waals surface area (Å²) in [5.74, 6) is -2.94. The number of hydrogen-bond acceptors (Lipinski definition) is 6. The fraction of sp³-hybridized carbons (Fsp3) is 0.0638. The van der Waals surface area contributed by atoms with E-state index in [0.717, 1.165) is 33.0 Å². The van der Waals surface area contributed by atoms with E-state index in [-0.39, 0.29) is 22.3 Å². The van der Waals surface area contributed by atoms with Crippen LogP contribution in [0.1, 0.15) is 47.2 Å². The average Bonchev–Trinajstić information content (AvgIpc) is 3.42. The first-order valence-electron chi connectivity index (χ1n) is 17.6. The van der Waals surface area contributed by atoms with Crippen LogP contribution in [0.15, 0.2) is 121 Å². The van der Waals surface area contributed by atoms with Crippen LogP contribution in [0, 0.1) is 68.6 Å². The first kappa shape index (κ1) is 36.1. The zero-order chi connectivity index (χ0) is 40.2. The molecule has 0 radical (unpaired) electrons. The van der Waals surface area contributed by atoms with Gasteiger partial charge in [0.05, 0.1) is 22.3 Å². The van der Waals surface area contributed by atoms with Crippen molar-refractivity contribution in [2.45, 2.75) is 19.3 Å². The van der Waals surface area contributed by atoms with Crippen LogP contribution in [0.4, 0.5) is 51.7 Å². The third-order valence-corrected chi connectivity index (χ3v) is 10.4. The number of nitrogens with zero attached hydrogens (tertiary/aromatic N) is 6. The molecule has 0 amide bonds. The van der Waals surface area contributed by atoms with E-state index in [4.69, 9.17) is 0 Å². The summed E-state index contributed by atoms with van der Waals surface area (Å²) in [6.07, 6.45) is 0. The lowest BCUT2D eigenvalue weighted by molar-refractivity contribution is 0.622. The van der Waals surface area contributed by atoms with Gasteiger partial charge in [0.25, 0.3) is 0 Å². The highest BCUT2D eigenvalue weighted by Crippen LogP contribution is 2.52. The number of rotatable bonds is 6. The van der Waals surface area contributed by atoms with Crippen molar-refractivity contribution >= 4 is 44.9 Å². The summed E-state index contributed by atoms with van der Waals surface area (Å²) >= 11 is 0. The SMILES string of the molecule is CC1(C)c2cc(N(c3ccc(C#N)c(F)c3)c3ccc(C#N)c(F)c3)ccc2-c2cc3ccc(N(c4ccc(C#N)c(F)c4)c4ccc(C#N)c(F)c4)cc3cc21. The molecule has 7 aromatic rings. The van der Waals surface area contributed by atoms with Gasteiger partial charge in [-0.05, 0) is 142 Å². The Bertz CT molecular complexity index is 2890. The van der Waals surface area contributed by atoms with E-state index in [1.807, 2.05) is 60.7 Å². The molecule has 0 aliphatic heterocycles. The van der Waals surface area contributed by atoms with Crippen molar-refractivity contribution in [1.82, 2.24) is 0 Å². The molecule has 0 spiro atoms. The molecule has 0 fully saturated rings. The van der Waals surface area contributed by atoms with E-state index in [2.05, 4.69) is 26.0 Å². The summed E-state index contributed by atoms with van der Waals surface area (Å²) in [5.41, 5.74) is 5.30. The van der Waals surface area contributed by atoms with Crippen molar-refractivity contribution in [2.24, 2.45) is 0 Å². The Morgan fingerprint density at radius 2 is 0.737 bits per heavy atom. The van der Waals surface area contributed by atoms with Crippen molar-refractivity contribution in [1.29, 1.82) is 21.0 Å². The predicted molar refractivity (Wildman–Crippen MR) is 210 cm³/mol. The molecule has 7 aromatic carbocycles. The summed E-state index contributed by atoms with van der Waals surface area (Å²) in [4.78, 5) is 3.32. The molecule has 0 saturated heterocycles. The summed E-state index contributed by atoms with van der Waals surface area (Å²) in [6.45, 7) is 4.16. The third kappa shape index (κ3) is 6.03. The zero-order valence-corrected chi connectivity index (χ0v) is 30.2. The second-order valence-corrected chi connectivity index (χ2v) is 14.1.